The van der Waals surface area contributed by atoms with Crippen LogP contribution in [0, 0.1) is 0 Å². The predicted octanol–water partition coefficient (Wildman–Crippen LogP) is 10.5. The lowest BCUT2D eigenvalue weighted by Gasteiger charge is -2.38. The highest BCUT2D eigenvalue weighted by molar-refractivity contribution is 7.22. The molecule has 5 nitrogen and oxygen atoms in total. The second-order valence-electron chi connectivity index (χ2n) is 19.5. The molecule has 0 atom stereocenters. The van der Waals surface area contributed by atoms with Crippen LogP contribution in [0.5, 0.6) is 0 Å². The zero-order valence-corrected chi connectivity index (χ0v) is 43.5. The molecule has 0 amide bonds. The zero-order valence-electron chi connectivity index (χ0n) is 41.5. The number of para-hydroxylation sites is 4. The summed E-state index contributed by atoms with van der Waals surface area (Å²) in [6.45, 7) is 0. The normalized spacial score (nSPS) is 11.9. The SMILES string of the molecule is c1ccc([Si](c2ccccc2)(c2ccccc2)c2cc(-c3nc(-n4c5ccccc5c5ccccc54)nc(-n4c5ccccc5c5ccccc54)n3)cc([Si](c3ccccc3)(c3ccccc3)c3ccccc3)c2)cc1. The van der Waals surface area contributed by atoms with Crippen LogP contribution in [0.4, 0.5) is 0 Å². The molecule has 11 aromatic carbocycles. The first-order valence-electron chi connectivity index (χ1n) is 25.9. The Bertz CT molecular complexity index is 3820. The Balaban J connectivity index is 1.18. The molecule has 3 heterocycles. The minimum Gasteiger partial charge on any atom is -0.278 e. The van der Waals surface area contributed by atoms with Crippen molar-refractivity contribution < 1.29 is 0 Å². The topological polar surface area (TPSA) is 48.5 Å². The van der Waals surface area contributed by atoms with Crippen LogP contribution in [0.2, 0.25) is 0 Å². The third-order valence-electron chi connectivity index (χ3n) is 15.5. The van der Waals surface area contributed by atoms with Gasteiger partial charge in [0, 0.05) is 27.1 Å². The molecule has 76 heavy (non-hydrogen) atoms. The van der Waals surface area contributed by atoms with E-state index in [-0.39, 0.29) is 0 Å². The molecule has 0 fully saturated rings. The van der Waals surface area contributed by atoms with E-state index in [1.807, 2.05) is 0 Å². The lowest BCUT2D eigenvalue weighted by atomic mass is 10.2. The summed E-state index contributed by atoms with van der Waals surface area (Å²) in [5.74, 6) is 1.67. The molecule has 14 aromatic rings. The molecule has 0 unspecified atom stereocenters. The number of hydrogen-bond donors (Lipinski definition) is 0. The van der Waals surface area contributed by atoms with Gasteiger partial charge in [0.25, 0.3) is 0 Å². The molecule has 0 aliphatic rings. The number of fused-ring (bicyclic) bond motifs is 6. The van der Waals surface area contributed by atoms with Gasteiger partial charge in [0.1, 0.15) is 0 Å². The van der Waals surface area contributed by atoms with Crippen molar-refractivity contribution in [2.45, 2.75) is 0 Å². The minimum atomic E-state index is -3.22. The van der Waals surface area contributed by atoms with Crippen LogP contribution < -0.4 is 41.5 Å². The van der Waals surface area contributed by atoms with Gasteiger partial charge in [0.15, 0.2) is 22.0 Å². The molecule has 7 heteroatoms. The first-order valence-corrected chi connectivity index (χ1v) is 29.9. The molecule has 0 aliphatic heterocycles. The number of benzene rings is 11. The molecule has 0 spiro atoms. The number of nitrogens with zero attached hydrogens (tertiary/aromatic N) is 5. The van der Waals surface area contributed by atoms with Gasteiger partial charge in [-0.2, -0.15) is 15.0 Å². The van der Waals surface area contributed by atoms with Gasteiger partial charge in [-0.15, -0.1) is 0 Å². The summed E-state index contributed by atoms with van der Waals surface area (Å²) < 4.78 is 4.46. The second-order valence-corrected chi connectivity index (χ2v) is 27.1. The van der Waals surface area contributed by atoms with Crippen LogP contribution >= 0.6 is 0 Å². The molecule has 0 radical (unpaired) electrons. The Labute approximate surface area is 443 Å². The van der Waals surface area contributed by atoms with E-state index in [0.717, 1.165) is 49.2 Å². The number of rotatable bonds is 11. The van der Waals surface area contributed by atoms with Crippen LogP contribution in [0.3, 0.4) is 0 Å². The maximum atomic E-state index is 5.76. The van der Waals surface area contributed by atoms with Gasteiger partial charge in [0.2, 0.25) is 11.9 Å². The smallest absolute Gasteiger partial charge is 0.240 e. The maximum Gasteiger partial charge on any atom is 0.240 e. The second kappa shape index (κ2) is 18.7. The van der Waals surface area contributed by atoms with Crippen LogP contribution in [0.1, 0.15) is 0 Å². The highest BCUT2D eigenvalue weighted by atomic mass is 28.3. The number of aromatic nitrogens is 5. The molecular weight excluding hydrogens is 955 g/mol. The fourth-order valence-electron chi connectivity index (χ4n) is 12.3. The Kier molecular flexibility index (Phi) is 11.1. The van der Waals surface area contributed by atoms with E-state index < -0.39 is 16.1 Å². The van der Waals surface area contributed by atoms with Crippen LogP contribution in [0.25, 0.3) is 66.9 Å². The summed E-state index contributed by atoms with van der Waals surface area (Å²) in [4.78, 5) is 17.1. The van der Waals surface area contributed by atoms with E-state index in [2.05, 4.69) is 306 Å². The molecular formula is C69H49N5Si2. The molecule has 0 saturated carbocycles. The van der Waals surface area contributed by atoms with E-state index >= 15 is 0 Å². The fraction of sp³-hybridized carbons (Fsp3) is 0. The lowest BCUT2D eigenvalue weighted by Crippen LogP contribution is -2.78. The highest BCUT2D eigenvalue weighted by Crippen LogP contribution is 2.34. The van der Waals surface area contributed by atoms with Gasteiger partial charge in [-0.1, -0.05) is 273 Å². The Hall–Kier alpha value is -9.54. The summed E-state index contributed by atoms with van der Waals surface area (Å²) in [6.07, 6.45) is 0. The van der Waals surface area contributed by atoms with Crippen molar-refractivity contribution in [1.82, 2.24) is 24.1 Å². The van der Waals surface area contributed by atoms with E-state index in [1.54, 1.807) is 0 Å². The van der Waals surface area contributed by atoms with Crippen LogP contribution in [0.15, 0.2) is 297 Å². The van der Waals surface area contributed by atoms with E-state index in [1.165, 1.54) is 41.5 Å². The monoisotopic (exact) mass is 1000 g/mol. The first kappa shape index (κ1) is 45.1. The van der Waals surface area contributed by atoms with Crippen molar-refractivity contribution in [2.24, 2.45) is 0 Å². The van der Waals surface area contributed by atoms with Gasteiger partial charge in [-0.3, -0.25) is 9.13 Å². The van der Waals surface area contributed by atoms with Crippen molar-refractivity contribution in [2.75, 3.05) is 0 Å². The van der Waals surface area contributed by atoms with Gasteiger partial charge >= 0.3 is 0 Å². The Morgan fingerprint density at radius 3 is 0.724 bits per heavy atom. The van der Waals surface area contributed by atoms with E-state index in [9.17, 15) is 0 Å². The standard InChI is InChI=1S/C69H49N5Si2/c1-7-27-51(28-8-1)75(52-29-9-2-10-30-52,53-31-11-3-12-32-53)57-47-50(48-58(49-57)76(54-33-13-4-14-34-54,55-35-15-5-16-36-55)56-37-17-6-18-38-56)67-70-68(73-63-43-23-19-39-59(63)60-40-20-24-44-64(60)73)72-69(71-67)74-65-45-25-21-41-61(65)62-42-22-26-46-66(62)74/h1-49H. The van der Waals surface area contributed by atoms with Crippen LogP contribution in [-0.2, 0) is 0 Å². The summed E-state index contributed by atoms with van der Waals surface area (Å²) in [7, 11) is -6.43. The summed E-state index contributed by atoms with van der Waals surface area (Å²) in [5, 5.41) is 14.7. The molecule has 3 aromatic heterocycles. The Morgan fingerprint density at radius 2 is 0.461 bits per heavy atom. The molecule has 0 aliphatic carbocycles. The Morgan fingerprint density at radius 1 is 0.224 bits per heavy atom. The molecule has 358 valence electrons. The number of hydrogen-bond acceptors (Lipinski definition) is 3. The van der Waals surface area contributed by atoms with Crippen molar-refractivity contribution in [3.8, 4) is 23.3 Å². The van der Waals surface area contributed by atoms with E-state index in [4.69, 9.17) is 15.0 Å². The predicted molar refractivity (Wildman–Crippen MR) is 321 cm³/mol. The summed E-state index contributed by atoms with van der Waals surface area (Å²) >= 11 is 0. The molecule has 0 bridgehead atoms. The van der Waals surface area contributed by atoms with Crippen molar-refractivity contribution in [3.63, 3.8) is 0 Å². The van der Waals surface area contributed by atoms with Gasteiger partial charge in [-0.05, 0) is 65.8 Å². The summed E-state index contributed by atoms with van der Waals surface area (Å²) in [6, 6.07) is 109. The fourth-order valence-corrected chi connectivity index (χ4v) is 22.1. The van der Waals surface area contributed by atoms with Gasteiger partial charge in [-0.25, -0.2) is 0 Å². The molecule has 0 N–H and O–H groups in total. The zero-order chi connectivity index (χ0) is 50.5. The minimum absolute atomic E-state index is 0.543. The highest BCUT2D eigenvalue weighted by Gasteiger charge is 2.46. The third kappa shape index (κ3) is 7.16. The van der Waals surface area contributed by atoms with E-state index in [0.29, 0.717) is 17.7 Å². The molecule has 14 rings (SSSR count). The van der Waals surface area contributed by atoms with Crippen LogP contribution in [-0.4, -0.2) is 40.2 Å². The lowest BCUT2D eigenvalue weighted by molar-refractivity contribution is 0.893. The van der Waals surface area contributed by atoms with Gasteiger partial charge in [0.05, 0.1) is 22.1 Å². The largest absolute Gasteiger partial charge is 0.278 e. The third-order valence-corrected chi connectivity index (χ3v) is 25.0. The maximum absolute atomic E-state index is 5.76. The average Bonchev–Trinajstić information content (AvgIpc) is 4.06. The quantitative estimate of drug-likeness (QED) is 0.0958. The van der Waals surface area contributed by atoms with Crippen molar-refractivity contribution in [3.05, 3.63) is 297 Å². The van der Waals surface area contributed by atoms with Crippen molar-refractivity contribution in [1.29, 1.82) is 0 Å². The molecule has 0 saturated heterocycles. The average molecular weight is 1000 g/mol. The first-order chi connectivity index (χ1) is 37.7. The van der Waals surface area contributed by atoms with Crippen molar-refractivity contribution >= 4 is 101 Å². The summed E-state index contributed by atoms with van der Waals surface area (Å²) in [5.41, 5.74) is 5.01. The van der Waals surface area contributed by atoms with Gasteiger partial charge < -0.3 is 0 Å².